The van der Waals surface area contributed by atoms with Crippen LogP contribution in [0, 0.1) is 0 Å². The molecule has 0 heterocycles. The van der Waals surface area contributed by atoms with E-state index in [0.29, 0.717) is 0 Å². The Labute approximate surface area is 129 Å². The predicted octanol–water partition coefficient (Wildman–Crippen LogP) is 5.24. The first-order valence-corrected chi connectivity index (χ1v) is 6.23. The molecule has 0 amide bonds. The quantitative estimate of drug-likeness (QED) is 0.362. The second kappa shape index (κ2) is 4.53. The van der Waals surface area contributed by atoms with Gasteiger partial charge in [0.15, 0.2) is 0 Å². The first-order chi connectivity index (χ1) is 8.88. The van der Waals surface area contributed by atoms with E-state index in [1.54, 1.807) is 0 Å². The van der Waals surface area contributed by atoms with E-state index in [1.807, 2.05) is 7.05 Å². The summed E-state index contributed by atoms with van der Waals surface area (Å²) < 4.78 is 0. The molecule has 0 aliphatic rings. The highest BCUT2D eigenvalue weighted by Gasteiger charge is 2.09. The van der Waals surface area contributed by atoms with Gasteiger partial charge in [-0.2, -0.15) is 0 Å². The molecule has 0 aliphatic carbocycles. The molecule has 0 fully saturated rings. The maximum Gasteiger partial charge on any atom is 0.0417 e. The molecular formula is C17H14IN. The Kier molecular flexibility index (Phi) is 2.97. The van der Waals surface area contributed by atoms with Crippen molar-refractivity contribution < 1.29 is 0 Å². The lowest BCUT2D eigenvalue weighted by Crippen LogP contribution is -1.91. The molecule has 19 heavy (non-hydrogen) atoms. The molecule has 0 unspecified atom stereocenters. The van der Waals surface area contributed by atoms with Crippen molar-refractivity contribution in [3.63, 3.8) is 0 Å². The van der Waals surface area contributed by atoms with Crippen LogP contribution in [0.1, 0.15) is 0 Å². The molecule has 4 rings (SSSR count). The Morgan fingerprint density at radius 3 is 1.95 bits per heavy atom. The number of hydrogen-bond donors (Lipinski definition) is 1. The van der Waals surface area contributed by atoms with Crippen LogP contribution in [0.4, 0.5) is 5.69 Å². The number of hydrogen-bond acceptors (Lipinski definition) is 1. The number of nitrogens with one attached hydrogen (secondary N) is 1. The topological polar surface area (TPSA) is 12.0 Å². The number of rotatable bonds is 1. The van der Waals surface area contributed by atoms with E-state index in [9.17, 15) is 0 Å². The second-order valence-corrected chi connectivity index (χ2v) is 4.72. The molecule has 4 aromatic rings. The van der Waals surface area contributed by atoms with E-state index in [0.717, 1.165) is 0 Å². The second-order valence-electron chi connectivity index (χ2n) is 4.72. The molecule has 0 bridgehead atoms. The fourth-order valence-electron chi connectivity index (χ4n) is 2.95. The maximum atomic E-state index is 3.28. The third-order valence-electron chi connectivity index (χ3n) is 3.80. The Hall–Kier alpha value is -1.55. The molecule has 1 N–H and O–H groups in total. The summed E-state index contributed by atoms with van der Waals surface area (Å²) in [6.07, 6.45) is 0. The van der Waals surface area contributed by atoms with Crippen molar-refractivity contribution >= 4 is 62.0 Å². The summed E-state index contributed by atoms with van der Waals surface area (Å²) >= 11 is 0. The Morgan fingerprint density at radius 2 is 1.26 bits per heavy atom. The van der Waals surface area contributed by atoms with Crippen molar-refractivity contribution in [3.8, 4) is 0 Å². The van der Waals surface area contributed by atoms with Crippen LogP contribution in [-0.4, -0.2) is 7.05 Å². The summed E-state index contributed by atoms with van der Waals surface area (Å²) in [5.74, 6) is 0. The lowest BCUT2D eigenvalue weighted by atomic mass is 9.93. The van der Waals surface area contributed by atoms with Gasteiger partial charge in [-0.05, 0) is 33.0 Å². The van der Waals surface area contributed by atoms with Crippen molar-refractivity contribution in [2.24, 2.45) is 0 Å². The van der Waals surface area contributed by atoms with Crippen molar-refractivity contribution in [3.05, 3.63) is 54.6 Å². The van der Waals surface area contributed by atoms with Gasteiger partial charge in [-0.1, -0.05) is 48.5 Å². The van der Waals surface area contributed by atoms with E-state index in [2.05, 4.69) is 59.9 Å². The van der Waals surface area contributed by atoms with E-state index in [1.165, 1.54) is 38.0 Å². The molecule has 2 heteroatoms. The molecule has 0 atom stereocenters. The molecule has 94 valence electrons. The minimum Gasteiger partial charge on any atom is -0.388 e. The fraction of sp³-hybridized carbons (Fsp3) is 0.0588. The number of benzene rings is 4. The normalized spacial score (nSPS) is 11.0. The van der Waals surface area contributed by atoms with Crippen molar-refractivity contribution in [1.82, 2.24) is 0 Å². The molecular weight excluding hydrogens is 345 g/mol. The average molecular weight is 359 g/mol. The van der Waals surface area contributed by atoms with E-state index in [4.69, 9.17) is 0 Å². The van der Waals surface area contributed by atoms with Gasteiger partial charge in [0.25, 0.3) is 0 Å². The molecule has 0 spiro atoms. The molecule has 0 saturated heterocycles. The van der Waals surface area contributed by atoms with Crippen LogP contribution in [0.15, 0.2) is 54.6 Å². The minimum atomic E-state index is 0. The third-order valence-corrected chi connectivity index (χ3v) is 3.80. The van der Waals surface area contributed by atoms with Crippen molar-refractivity contribution in [2.45, 2.75) is 0 Å². The van der Waals surface area contributed by atoms with Gasteiger partial charge in [0, 0.05) is 18.1 Å². The summed E-state index contributed by atoms with van der Waals surface area (Å²) in [6, 6.07) is 19.7. The van der Waals surface area contributed by atoms with Crippen LogP contribution < -0.4 is 5.32 Å². The van der Waals surface area contributed by atoms with Gasteiger partial charge in [0.2, 0.25) is 0 Å². The van der Waals surface area contributed by atoms with Gasteiger partial charge in [0.05, 0.1) is 0 Å². The highest BCUT2D eigenvalue weighted by atomic mass is 127. The van der Waals surface area contributed by atoms with Crippen molar-refractivity contribution in [1.29, 1.82) is 0 Å². The zero-order valence-electron chi connectivity index (χ0n) is 10.6. The molecule has 0 radical (unpaired) electrons. The van der Waals surface area contributed by atoms with Crippen LogP contribution in [0.2, 0.25) is 0 Å². The SMILES string of the molecule is CNc1ccc2ccc3cccc4ccc1c2c34.I. The summed E-state index contributed by atoms with van der Waals surface area (Å²) in [5.41, 5.74) is 1.20. The Morgan fingerprint density at radius 1 is 0.684 bits per heavy atom. The Balaban J connectivity index is 0.00000110. The van der Waals surface area contributed by atoms with Gasteiger partial charge in [-0.25, -0.2) is 0 Å². The minimum absolute atomic E-state index is 0. The van der Waals surface area contributed by atoms with Gasteiger partial charge < -0.3 is 5.32 Å². The van der Waals surface area contributed by atoms with Gasteiger partial charge in [-0.15, -0.1) is 24.0 Å². The van der Waals surface area contributed by atoms with Crippen LogP contribution in [0.3, 0.4) is 0 Å². The number of halogens is 1. The van der Waals surface area contributed by atoms with Crippen molar-refractivity contribution in [2.75, 3.05) is 12.4 Å². The smallest absolute Gasteiger partial charge is 0.0417 e. The molecule has 0 aromatic heterocycles. The molecule has 0 saturated carbocycles. The summed E-state index contributed by atoms with van der Waals surface area (Å²) in [7, 11) is 1.98. The summed E-state index contributed by atoms with van der Waals surface area (Å²) in [6.45, 7) is 0. The van der Waals surface area contributed by atoms with Crippen LogP contribution in [0.5, 0.6) is 0 Å². The van der Waals surface area contributed by atoms with Gasteiger partial charge in [0.1, 0.15) is 0 Å². The first-order valence-electron chi connectivity index (χ1n) is 6.23. The van der Waals surface area contributed by atoms with Crippen LogP contribution in [0.25, 0.3) is 32.3 Å². The van der Waals surface area contributed by atoms with E-state index >= 15 is 0 Å². The number of anilines is 1. The highest BCUT2D eigenvalue weighted by molar-refractivity contribution is 14.0. The lowest BCUT2D eigenvalue weighted by molar-refractivity contribution is 1.55. The summed E-state index contributed by atoms with van der Waals surface area (Å²) in [4.78, 5) is 0. The van der Waals surface area contributed by atoms with Gasteiger partial charge in [-0.3, -0.25) is 0 Å². The summed E-state index contributed by atoms with van der Waals surface area (Å²) in [5, 5.41) is 11.3. The molecule has 1 nitrogen and oxygen atoms in total. The average Bonchev–Trinajstić information content (AvgIpc) is 2.44. The monoisotopic (exact) mass is 359 g/mol. The van der Waals surface area contributed by atoms with E-state index in [-0.39, 0.29) is 24.0 Å². The lowest BCUT2D eigenvalue weighted by Gasteiger charge is -2.13. The van der Waals surface area contributed by atoms with Gasteiger partial charge >= 0.3 is 0 Å². The molecule has 4 aromatic carbocycles. The zero-order valence-corrected chi connectivity index (χ0v) is 12.9. The van der Waals surface area contributed by atoms with E-state index < -0.39 is 0 Å². The largest absolute Gasteiger partial charge is 0.388 e. The fourth-order valence-corrected chi connectivity index (χ4v) is 2.95. The van der Waals surface area contributed by atoms with Crippen LogP contribution in [-0.2, 0) is 0 Å². The highest BCUT2D eigenvalue weighted by Crippen LogP contribution is 2.37. The predicted molar refractivity (Wildman–Crippen MR) is 95.1 cm³/mol. The zero-order chi connectivity index (χ0) is 12.1. The maximum absolute atomic E-state index is 3.28. The third kappa shape index (κ3) is 1.66. The molecule has 0 aliphatic heterocycles. The van der Waals surface area contributed by atoms with Crippen LogP contribution >= 0.6 is 24.0 Å². The Bertz CT molecular complexity index is 851. The first kappa shape index (κ1) is 12.5. The standard InChI is InChI=1S/C17H13N.HI/c1-18-15-10-8-13-6-5-11-3-2-4-12-7-9-14(15)17(13)16(11)12;/h2-10,18H,1H3;1H.